The predicted octanol–water partition coefficient (Wildman–Crippen LogP) is 3.30. The molecule has 30 heavy (non-hydrogen) atoms. The van der Waals surface area contributed by atoms with Gasteiger partial charge in [-0.15, -0.1) is 0 Å². The Balaban J connectivity index is 1.63. The fourth-order valence-electron chi connectivity index (χ4n) is 2.81. The third-order valence-corrected chi connectivity index (χ3v) is 4.23. The molecule has 0 aliphatic rings. The van der Waals surface area contributed by atoms with Gasteiger partial charge in [-0.2, -0.15) is 13.2 Å². The van der Waals surface area contributed by atoms with E-state index in [1.165, 1.54) is 12.1 Å². The summed E-state index contributed by atoms with van der Waals surface area (Å²) in [6.07, 6.45) is -4.74. The van der Waals surface area contributed by atoms with Crippen molar-refractivity contribution >= 4 is 34.3 Å². The quantitative estimate of drug-likeness (QED) is 0.620. The zero-order valence-corrected chi connectivity index (χ0v) is 16.2. The molecule has 3 rings (SSSR count). The maximum absolute atomic E-state index is 13.3. The molecule has 3 aromatic rings. The van der Waals surface area contributed by atoms with Gasteiger partial charge in [0.2, 0.25) is 5.82 Å². The van der Waals surface area contributed by atoms with Crippen LogP contribution in [0.15, 0.2) is 48.5 Å². The SMILES string of the molecule is CN(C)c1ccc(NC(=O)COC(=O)Cn2c(C(F)(F)F)nc3ccccc32)cc1. The third-order valence-electron chi connectivity index (χ3n) is 4.23. The Morgan fingerprint density at radius 1 is 1.10 bits per heavy atom. The molecule has 0 spiro atoms. The van der Waals surface area contributed by atoms with Crippen LogP contribution in [0.1, 0.15) is 5.82 Å². The number of carbonyl (C=O) groups is 2. The van der Waals surface area contributed by atoms with Crippen LogP contribution in [0.5, 0.6) is 0 Å². The minimum absolute atomic E-state index is 0.108. The molecule has 0 saturated heterocycles. The van der Waals surface area contributed by atoms with Crippen molar-refractivity contribution in [1.82, 2.24) is 9.55 Å². The number of alkyl halides is 3. The topological polar surface area (TPSA) is 76.5 Å². The molecule has 0 fully saturated rings. The minimum Gasteiger partial charge on any atom is -0.454 e. The van der Waals surface area contributed by atoms with Crippen LogP contribution in [-0.2, 0) is 27.0 Å². The lowest BCUT2D eigenvalue weighted by molar-refractivity contribution is -0.152. The monoisotopic (exact) mass is 420 g/mol. The first-order chi connectivity index (χ1) is 14.1. The highest BCUT2D eigenvalue weighted by atomic mass is 19.4. The van der Waals surface area contributed by atoms with Gasteiger partial charge in [-0.3, -0.25) is 9.59 Å². The van der Waals surface area contributed by atoms with Gasteiger partial charge in [0.05, 0.1) is 11.0 Å². The summed E-state index contributed by atoms with van der Waals surface area (Å²) in [6.45, 7) is -1.34. The molecule has 0 saturated carbocycles. The Labute approximate surface area is 170 Å². The molecular formula is C20H19F3N4O3. The average molecular weight is 420 g/mol. The van der Waals surface area contributed by atoms with Crippen LogP contribution < -0.4 is 10.2 Å². The van der Waals surface area contributed by atoms with Gasteiger partial charge in [0.25, 0.3) is 5.91 Å². The summed E-state index contributed by atoms with van der Waals surface area (Å²) < 4.78 is 45.4. The van der Waals surface area contributed by atoms with E-state index in [1.807, 2.05) is 19.0 Å². The van der Waals surface area contributed by atoms with Gasteiger partial charge in [-0.05, 0) is 36.4 Å². The van der Waals surface area contributed by atoms with E-state index in [0.717, 1.165) is 10.3 Å². The highest BCUT2D eigenvalue weighted by molar-refractivity contribution is 5.93. The third kappa shape index (κ3) is 4.88. The van der Waals surface area contributed by atoms with Crippen LogP contribution in [0.25, 0.3) is 11.0 Å². The number of ether oxygens (including phenoxy) is 1. The number of imidazole rings is 1. The summed E-state index contributed by atoms with van der Waals surface area (Å²) in [4.78, 5) is 29.5. The van der Waals surface area contributed by atoms with E-state index >= 15 is 0 Å². The number of esters is 1. The van der Waals surface area contributed by atoms with Crippen LogP contribution in [0.2, 0.25) is 0 Å². The summed E-state index contributed by atoms with van der Waals surface area (Å²) in [6, 6.07) is 12.9. The van der Waals surface area contributed by atoms with E-state index in [2.05, 4.69) is 10.3 Å². The van der Waals surface area contributed by atoms with Crippen molar-refractivity contribution in [2.75, 3.05) is 30.9 Å². The number of halogens is 3. The first-order valence-electron chi connectivity index (χ1n) is 8.90. The lowest BCUT2D eigenvalue weighted by Gasteiger charge is -2.13. The number of rotatable bonds is 6. The summed E-state index contributed by atoms with van der Waals surface area (Å²) in [7, 11) is 3.75. The molecule has 158 valence electrons. The van der Waals surface area contributed by atoms with E-state index in [-0.39, 0.29) is 11.0 Å². The normalized spacial score (nSPS) is 11.4. The van der Waals surface area contributed by atoms with Gasteiger partial charge in [0.15, 0.2) is 6.61 Å². The van der Waals surface area contributed by atoms with Gasteiger partial charge in [-0.25, -0.2) is 4.98 Å². The number of amides is 1. The van der Waals surface area contributed by atoms with Gasteiger partial charge >= 0.3 is 12.1 Å². The van der Waals surface area contributed by atoms with Gasteiger partial charge in [0.1, 0.15) is 6.54 Å². The van der Waals surface area contributed by atoms with E-state index in [1.54, 1.807) is 36.4 Å². The van der Waals surface area contributed by atoms with Crippen LogP contribution in [0.4, 0.5) is 24.5 Å². The Morgan fingerprint density at radius 3 is 2.40 bits per heavy atom. The zero-order valence-electron chi connectivity index (χ0n) is 16.2. The maximum Gasteiger partial charge on any atom is 0.449 e. The summed E-state index contributed by atoms with van der Waals surface area (Å²) >= 11 is 0. The molecule has 0 bridgehead atoms. The second-order valence-electron chi connectivity index (χ2n) is 6.66. The van der Waals surface area contributed by atoms with Gasteiger partial charge in [0, 0.05) is 25.5 Å². The van der Waals surface area contributed by atoms with Gasteiger partial charge in [-0.1, -0.05) is 12.1 Å². The summed E-state index contributed by atoms with van der Waals surface area (Å²) in [5, 5.41) is 2.55. The first-order valence-corrected chi connectivity index (χ1v) is 8.90. The molecule has 1 amide bonds. The molecule has 1 N–H and O–H groups in total. The number of carbonyl (C=O) groups excluding carboxylic acids is 2. The van der Waals surface area contributed by atoms with E-state index < -0.39 is 37.0 Å². The van der Waals surface area contributed by atoms with Crippen molar-refractivity contribution < 1.29 is 27.5 Å². The van der Waals surface area contributed by atoms with E-state index in [4.69, 9.17) is 4.74 Å². The fourth-order valence-corrected chi connectivity index (χ4v) is 2.81. The Morgan fingerprint density at radius 2 is 1.77 bits per heavy atom. The highest BCUT2D eigenvalue weighted by Gasteiger charge is 2.38. The van der Waals surface area contributed by atoms with Gasteiger partial charge < -0.3 is 19.5 Å². The molecule has 0 aliphatic carbocycles. The number of hydrogen-bond acceptors (Lipinski definition) is 5. The molecule has 7 nitrogen and oxygen atoms in total. The molecule has 1 heterocycles. The van der Waals surface area contributed by atoms with Crippen molar-refractivity contribution in [1.29, 1.82) is 0 Å². The minimum atomic E-state index is -4.74. The van der Waals surface area contributed by atoms with Crippen LogP contribution in [-0.4, -0.2) is 42.1 Å². The fraction of sp³-hybridized carbons (Fsp3) is 0.250. The number of aromatic nitrogens is 2. The number of nitrogens with one attached hydrogen (secondary N) is 1. The second kappa shape index (κ2) is 8.44. The average Bonchev–Trinajstić information content (AvgIpc) is 3.06. The van der Waals surface area contributed by atoms with E-state index in [0.29, 0.717) is 5.69 Å². The molecule has 2 aromatic carbocycles. The standard InChI is InChI=1S/C20H19F3N4O3/c1-26(2)14-9-7-13(8-10-14)24-17(28)12-30-18(29)11-27-16-6-4-3-5-15(16)25-19(27)20(21,22)23/h3-10H,11-12H2,1-2H3,(H,24,28). The number of nitrogens with zero attached hydrogens (tertiary/aromatic N) is 3. The number of anilines is 2. The smallest absolute Gasteiger partial charge is 0.449 e. The lowest BCUT2D eigenvalue weighted by Crippen LogP contribution is -2.24. The number of para-hydroxylation sites is 2. The van der Waals surface area contributed by atoms with Crippen molar-refractivity contribution in [3.63, 3.8) is 0 Å². The number of fused-ring (bicyclic) bond motifs is 1. The van der Waals surface area contributed by atoms with E-state index in [9.17, 15) is 22.8 Å². The first kappa shape index (κ1) is 21.2. The predicted molar refractivity (Wildman–Crippen MR) is 105 cm³/mol. The summed E-state index contributed by atoms with van der Waals surface area (Å²) in [5.41, 5.74) is 1.69. The second-order valence-corrected chi connectivity index (χ2v) is 6.66. The molecule has 10 heteroatoms. The Bertz CT molecular complexity index is 1060. The molecule has 0 atom stereocenters. The van der Waals surface area contributed by atoms with Crippen LogP contribution >= 0.6 is 0 Å². The zero-order chi connectivity index (χ0) is 21.9. The largest absolute Gasteiger partial charge is 0.454 e. The number of benzene rings is 2. The Kier molecular flexibility index (Phi) is 5.95. The number of hydrogen-bond donors (Lipinski definition) is 1. The van der Waals surface area contributed by atoms with Crippen molar-refractivity contribution in [3.8, 4) is 0 Å². The molecule has 0 aliphatic heterocycles. The summed E-state index contributed by atoms with van der Waals surface area (Å²) in [5.74, 6) is -2.79. The van der Waals surface area contributed by atoms with Crippen molar-refractivity contribution in [2.24, 2.45) is 0 Å². The lowest BCUT2D eigenvalue weighted by atomic mass is 10.2. The molecule has 0 radical (unpaired) electrons. The van der Waals surface area contributed by atoms with Crippen molar-refractivity contribution in [3.05, 3.63) is 54.4 Å². The molecule has 0 unspecified atom stereocenters. The maximum atomic E-state index is 13.3. The molecule has 1 aromatic heterocycles. The van der Waals surface area contributed by atoms with Crippen LogP contribution in [0.3, 0.4) is 0 Å². The van der Waals surface area contributed by atoms with Crippen molar-refractivity contribution in [2.45, 2.75) is 12.7 Å². The molecular weight excluding hydrogens is 401 g/mol. The Hall–Kier alpha value is -3.56. The van der Waals surface area contributed by atoms with Crippen LogP contribution in [0, 0.1) is 0 Å². The highest BCUT2D eigenvalue weighted by Crippen LogP contribution is 2.31.